The Morgan fingerprint density at radius 2 is 2.14 bits per heavy atom. The SMILES string of the molecule is C=CC(=O)N1Cc2sc(Cl)cc2[C@@H](c2ccccc2C)[C@H]1C. The molecule has 0 spiro atoms. The van der Waals surface area contributed by atoms with Crippen LogP contribution in [0.3, 0.4) is 0 Å². The van der Waals surface area contributed by atoms with Crippen molar-refractivity contribution in [3.8, 4) is 0 Å². The lowest BCUT2D eigenvalue weighted by Crippen LogP contribution is -2.44. The van der Waals surface area contributed by atoms with Crippen LogP contribution in [0.2, 0.25) is 4.34 Å². The van der Waals surface area contributed by atoms with E-state index in [0.717, 1.165) is 4.34 Å². The van der Waals surface area contributed by atoms with Crippen molar-refractivity contribution in [3.63, 3.8) is 0 Å². The van der Waals surface area contributed by atoms with Crippen molar-refractivity contribution in [3.05, 3.63) is 68.9 Å². The standard InChI is InChI=1S/C18H18ClNOS/c1-4-17(21)20-10-15-14(9-16(19)22-15)18(12(20)3)13-8-6-5-7-11(13)2/h4-9,12,18H,1,10H2,2-3H3/t12-,18-/m1/s1. The molecule has 1 aliphatic heterocycles. The maximum atomic E-state index is 12.2. The minimum absolute atomic E-state index is 0.0266. The van der Waals surface area contributed by atoms with Crippen LogP contribution in [0.15, 0.2) is 43.0 Å². The Labute approximate surface area is 140 Å². The first-order valence-corrected chi connectivity index (χ1v) is 8.49. The van der Waals surface area contributed by atoms with Crippen LogP contribution in [0.25, 0.3) is 0 Å². The first kappa shape index (κ1) is 15.3. The molecule has 2 nitrogen and oxygen atoms in total. The van der Waals surface area contributed by atoms with Gasteiger partial charge in [-0.2, -0.15) is 0 Å². The quantitative estimate of drug-likeness (QED) is 0.727. The summed E-state index contributed by atoms with van der Waals surface area (Å²) in [6.07, 6.45) is 1.39. The van der Waals surface area contributed by atoms with Crippen molar-refractivity contribution in [2.75, 3.05) is 0 Å². The summed E-state index contributed by atoms with van der Waals surface area (Å²) in [6, 6.07) is 10.5. The van der Waals surface area contributed by atoms with Gasteiger partial charge in [0.25, 0.3) is 0 Å². The number of halogens is 1. The average Bonchev–Trinajstić information content (AvgIpc) is 2.87. The molecular formula is C18H18ClNOS. The highest BCUT2D eigenvalue weighted by Crippen LogP contribution is 2.44. The largest absolute Gasteiger partial charge is 0.330 e. The van der Waals surface area contributed by atoms with Crippen LogP contribution in [0, 0.1) is 6.92 Å². The molecule has 0 radical (unpaired) electrons. The number of hydrogen-bond acceptors (Lipinski definition) is 2. The first-order chi connectivity index (χ1) is 10.5. The number of amides is 1. The molecule has 114 valence electrons. The maximum absolute atomic E-state index is 12.2. The minimum atomic E-state index is -0.0266. The number of rotatable bonds is 2. The predicted molar refractivity (Wildman–Crippen MR) is 92.6 cm³/mol. The van der Waals surface area contributed by atoms with Gasteiger partial charge >= 0.3 is 0 Å². The number of fused-ring (bicyclic) bond motifs is 1. The smallest absolute Gasteiger partial charge is 0.246 e. The van der Waals surface area contributed by atoms with Crippen LogP contribution in [-0.2, 0) is 11.3 Å². The molecule has 1 aliphatic rings. The zero-order valence-corrected chi connectivity index (χ0v) is 14.2. The number of aryl methyl sites for hydroxylation is 1. The molecule has 0 saturated carbocycles. The summed E-state index contributed by atoms with van der Waals surface area (Å²) < 4.78 is 0.781. The molecule has 3 rings (SSSR count). The molecule has 0 saturated heterocycles. The molecule has 0 bridgehead atoms. The van der Waals surface area contributed by atoms with Gasteiger partial charge in [0, 0.05) is 16.8 Å². The molecular weight excluding hydrogens is 314 g/mol. The van der Waals surface area contributed by atoms with Gasteiger partial charge in [-0.15, -0.1) is 11.3 Å². The zero-order chi connectivity index (χ0) is 15.9. The topological polar surface area (TPSA) is 20.3 Å². The van der Waals surface area contributed by atoms with Gasteiger partial charge in [-0.1, -0.05) is 42.4 Å². The Hall–Kier alpha value is -1.58. The van der Waals surface area contributed by atoms with E-state index < -0.39 is 0 Å². The Kier molecular flexibility index (Phi) is 4.11. The van der Waals surface area contributed by atoms with Crippen molar-refractivity contribution in [1.82, 2.24) is 4.90 Å². The molecule has 0 fully saturated rings. The highest BCUT2D eigenvalue weighted by Gasteiger charge is 2.36. The number of thiophene rings is 1. The van der Waals surface area contributed by atoms with Gasteiger partial charge in [0.2, 0.25) is 5.91 Å². The Balaban J connectivity index is 2.15. The molecule has 1 amide bonds. The summed E-state index contributed by atoms with van der Waals surface area (Å²) in [6.45, 7) is 8.46. The molecule has 22 heavy (non-hydrogen) atoms. The second kappa shape index (κ2) is 5.90. The summed E-state index contributed by atoms with van der Waals surface area (Å²) in [5.41, 5.74) is 3.75. The molecule has 2 atom stereocenters. The van der Waals surface area contributed by atoms with Gasteiger partial charge in [-0.05, 0) is 42.7 Å². The summed E-state index contributed by atoms with van der Waals surface area (Å²) in [4.78, 5) is 15.3. The van der Waals surface area contributed by atoms with E-state index in [9.17, 15) is 4.79 Å². The number of hydrogen-bond donors (Lipinski definition) is 0. The summed E-state index contributed by atoms with van der Waals surface area (Å²) in [5, 5.41) is 0. The summed E-state index contributed by atoms with van der Waals surface area (Å²) in [5.74, 6) is 0.124. The van der Waals surface area contributed by atoms with Gasteiger partial charge in [-0.25, -0.2) is 0 Å². The van der Waals surface area contributed by atoms with Gasteiger partial charge in [-0.3, -0.25) is 4.79 Å². The molecule has 1 aromatic carbocycles. The monoisotopic (exact) mass is 331 g/mol. The highest BCUT2D eigenvalue weighted by atomic mass is 35.5. The lowest BCUT2D eigenvalue weighted by molar-refractivity contribution is -0.129. The van der Waals surface area contributed by atoms with Crippen molar-refractivity contribution < 1.29 is 4.79 Å². The summed E-state index contributed by atoms with van der Waals surface area (Å²) >= 11 is 7.81. The third kappa shape index (κ3) is 2.49. The molecule has 1 aromatic heterocycles. The van der Waals surface area contributed by atoms with Crippen molar-refractivity contribution >= 4 is 28.8 Å². The molecule has 4 heteroatoms. The van der Waals surface area contributed by atoms with Crippen LogP contribution in [0.4, 0.5) is 0 Å². The minimum Gasteiger partial charge on any atom is -0.330 e. The Bertz CT molecular complexity index is 736. The van der Waals surface area contributed by atoms with E-state index in [0.29, 0.717) is 6.54 Å². The van der Waals surface area contributed by atoms with Crippen LogP contribution >= 0.6 is 22.9 Å². The second-order valence-electron chi connectivity index (χ2n) is 5.67. The van der Waals surface area contributed by atoms with E-state index in [1.165, 1.54) is 27.6 Å². The van der Waals surface area contributed by atoms with Crippen molar-refractivity contribution in [2.45, 2.75) is 32.4 Å². The fourth-order valence-electron chi connectivity index (χ4n) is 3.29. The van der Waals surface area contributed by atoms with Gasteiger partial charge in [0.05, 0.1) is 10.9 Å². The van der Waals surface area contributed by atoms with E-state index in [1.54, 1.807) is 11.3 Å². The van der Waals surface area contributed by atoms with Crippen LogP contribution in [-0.4, -0.2) is 16.8 Å². The summed E-state index contributed by atoms with van der Waals surface area (Å²) in [7, 11) is 0. The molecule has 2 aromatic rings. The molecule has 0 N–H and O–H groups in total. The van der Waals surface area contributed by atoms with E-state index in [2.05, 4.69) is 44.7 Å². The van der Waals surface area contributed by atoms with Gasteiger partial charge in [0.15, 0.2) is 0 Å². The zero-order valence-electron chi connectivity index (χ0n) is 12.7. The van der Waals surface area contributed by atoms with Crippen LogP contribution in [0.5, 0.6) is 0 Å². The lowest BCUT2D eigenvalue weighted by Gasteiger charge is -2.39. The number of benzene rings is 1. The van der Waals surface area contributed by atoms with E-state index in [1.807, 2.05) is 11.0 Å². The molecule has 2 heterocycles. The lowest BCUT2D eigenvalue weighted by atomic mass is 9.81. The van der Waals surface area contributed by atoms with E-state index >= 15 is 0 Å². The van der Waals surface area contributed by atoms with Crippen LogP contribution in [0.1, 0.15) is 34.4 Å². The highest BCUT2D eigenvalue weighted by molar-refractivity contribution is 7.16. The molecule has 0 unspecified atom stereocenters. The Morgan fingerprint density at radius 1 is 1.41 bits per heavy atom. The van der Waals surface area contributed by atoms with Crippen molar-refractivity contribution in [1.29, 1.82) is 0 Å². The third-order valence-electron chi connectivity index (χ3n) is 4.42. The molecule has 0 aliphatic carbocycles. The van der Waals surface area contributed by atoms with E-state index in [4.69, 9.17) is 11.6 Å². The van der Waals surface area contributed by atoms with Crippen molar-refractivity contribution in [2.24, 2.45) is 0 Å². The second-order valence-corrected chi connectivity index (χ2v) is 7.44. The van der Waals surface area contributed by atoms with Crippen LogP contribution < -0.4 is 0 Å². The maximum Gasteiger partial charge on any atom is 0.246 e. The predicted octanol–water partition coefficient (Wildman–Crippen LogP) is 4.76. The van der Waals surface area contributed by atoms with Gasteiger partial charge in [0.1, 0.15) is 0 Å². The first-order valence-electron chi connectivity index (χ1n) is 7.29. The fraction of sp³-hybridized carbons (Fsp3) is 0.278. The Morgan fingerprint density at radius 3 is 2.82 bits per heavy atom. The average molecular weight is 332 g/mol. The fourth-order valence-corrected chi connectivity index (χ4v) is 4.62. The van der Waals surface area contributed by atoms with Gasteiger partial charge < -0.3 is 4.90 Å². The number of carbonyl (C=O) groups is 1. The van der Waals surface area contributed by atoms with E-state index in [-0.39, 0.29) is 17.9 Å². The number of nitrogens with zero attached hydrogens (tertiary/aromatic N) is 1. The third-order valence-corrected chi connectivity index (χ3v) is 5.68. The number of carbonyl (C=O) groups excluding carboxylic acids is 1. The normalized spacial score (nSPS) is 20.6.